The lowest BCUT2D eigenvalue weighted by molar-refractivity contribution is 0.597. The summed E-state index contributed by atoms with van der Waals surface area (Å²) in [6, 6.07) is 30.3. The highest BCUT2D eigenvalue weighted by atomic mass is 79.9. The highest BCUT2D eigenvalue weighted by Gasteiger charge is 2.42. The van der Waals surface area contributed by atoms with Crippen molar-refractivity contribution in [3.63, 3.8) is 0 Å². The number of rotatable bonds is 3. The summed E-state index contributed by atoms with van der Waals surface area (Å²) in [5.74, 6) is 1.54. The number of para-hydroxylation sites is 3. The minimum absolute atomic E-state index is 0.287. The molecule has 2 aliphatic rings. The molecule has 3 heterocycles. The van der Waals surface area contributed by atoms with Gasteiger partial charge in [0.2, 0.25) is 0 Å². The van der Waals surface area contributed by atoms with Crippen molar-refractivity contribution in [1.82, 2.24) is 9.78 Å². The first-order valence-electron chi connectivity index (χ1n) is 13.0. The molecule has 6 nitrogen and oxygen atoms in total. The van der Waals surface area contributed by atoms with Gasteiger partial charge in [-0.25, -0.2) is 19.1 Å². The number of aliphatic imine (C=N–C) groups is 2. The quantitative estimate of drug-likeness (QED) is 0.230. The number of benzene rings is 4. The number of anilines is 2. The summed E-state index contributed by atoms with van der Waals surface area (Å²) in [4.78, 5) is 12.3. The standard InChI is InChI=1S/C32H24BrFN6/c1-19-9-3-7-13-26(19)40-31-28(20(2)38-40)29(23-10-4-5-11-24(23)34)39-27-14-8-6-12-25(27)36-30(32(39)37-31)35-22-17-15-21(33)16-18-22/h3-18,29H,1-2H3,(H,35,36)/t29-/m0/s1. The van der Waals surface area contributed by atoms with E-state index in [0.29, 0.717) is 23.1 Å². The number of aromatic nitrogens is 2. The van der Waals surface area contributed by atoms with Crippen LogP contribution >= 0.6 is 15.9 Å². The van der Waals surface area contributed by atoms with Crippen molar-refractivity contribution in [3.05, 3.63) is 130 Å². The number of aryl methyl sites for hydroxylation is 2. The van der Waals surface area contributed by atoms with Crippen LogP contribution in [0.25, 0.3) is 5.69 Å². The van der Waals surface area contributed by atoms with Gasteiger partial charge in [-0.2, -0.15) is 5.10 Å². The molecule has 8 heteroatoms. The second kappa shape index (κ2) is 9.57. The third-order valence-corrected chi connectivity index (χ3v) is 7.82. The van der Waals surface area contributed by atoms with Crippen molar-refractivity contribution in [2.24, 2.45) is 9.98 Å². The van der Waals surface area contributed by atoms with Crippen molar-refractivity contribution < 1.29 is 4.39 Å². The molecular formula is C32H24BrFN6. The normalized spacial score (nSPS) is 15.5. The van der Waals surface area contributed by atoms with Crippen LogP contribution in [0, 0.1) is 19.7 Å². The summed E-state index contributed by atoms with van der Waals surface area (Å²) in [5, 5.41) is 8.43. The SMILES string of the molecule is Cc1ccccc1-n1nc(C)c2c1N=C1C(Nc3ccc(Br)cc3)=Nc3ccccc3N1[C@H]2c1ccccc1F. The van der Waals surface area contributed by atoms with Gasteiger partial charge in [-0.3, -0.25) is 0 Å². The Morgan fingerprint density at radius 2 is 1.50 bits per heavy atom. The highest BCUT2D eigenvalue weighted by molar-refractivity contribution is 9.10. The van der Waals surface area contributed by atoms with E-state index in [-0.39, 0.29) is 5.82 Å². The zero-order valence-corrected chi connectivity index (χ0v) is 23.4. The maximum Gasteiger partial charge on any atom is 0.179 e. The predicted octanol–water partition coefficient (Wildman–Crippen LogP) is 8.19. The van der Waals surface area contributed by atoms with E-state index in [1.54, 1.807) is 6.07 Å². The predicted molar refractivity (Wildman–Crippen MR) is 162 cm³/mol. The van der Waals surface area contributed by atoms with E-state index in [2.05, 4.69) is 26.1 Å². The van der Waals surface area contributed by atoms with E-state index >= 15 is 4.39 Å². The number of fused-ring (bicyclic) bond motifs is 4. The number of halogens is 2. The fraction of sp³-hybridized carbons (Fsp3) is 0.0938. The number of hydrogen-bond donors (Lipinski definition) is 1. The van der Waals surface area contributed by atoms with Crippen LogP contribution in [0.5, 0.6) is 0 Å². The highest BCUT2D eigenvalue weighted by Crippen LogP contribution is 2.48. The maximum absolute atomic E-state index is 15.7. The van der Waals surface area contributed by atoms with Crippen LogP contribution in [-0.4, -0.2) is 21.5 Å². The monoisotopic (exact) mass is 590 g/mol. The molecule has 0 saturated carbocycles. The molecule has 4 aromatic carbocycles. The van der Waals surface area contributed by atoms with Gasteiger partial charge in [0, 0.05) is 21.3 Å². The molecule has 1 N–H and O–H groups in total. The van der Waals surface area contributed by atoms with Gasteiger partial charge >= 0.3 is 0 Å². The molecule has 0 bridgehead atoms. The summed E-state index contributed by atoms with van der Waals surface area (Å²) in [5.41, 5.74) is 6.66. The lowest BCUT2D eigenvalue weighted by Gasteiger charge is -2.40. The Bertz CT molecular complexity index is 1840. The van der Waals surface area contributed by atoms with E-state index in [4.69, 9.17) is 15.1 Å². The van der Waals surface area contributed by atoms with Gasteiger partial charge in [0.25, 0.3) is 0 Å². The van der Waals surface area contributed by atoms with Gasteiger partial charge in [0.05, 0.1) is 28.8 Å². The number of nitrogens with zero attached hydrogens (tertiary/aromatic N) is 5. The molecule has 0 unspecified atom stereocenters. The fourth-order valence-electron chi connectivity index (χ4n) is 5.43. The van der Waals surface area contributed by atoms with Crippen LogP contribution < -0.4 is 10.2 Å². The Morgan fingerprint density at radius 1 is 0.800 bits per heavy atom. The van der Waals surface area contributed by atoms with Crippen LogP contribution in [-0.2, 0) is 0 Å². The second-order valence-electron chi connectivity index (χ2n) is 9.83. The summed E-state index contributed by atoms with van der Waals surface area (Å²) in [7, 11) is 0. The molecule has 0 amide bonds. The molecule has 0 fully saturated rings. The van der Waals surface area contributed by atoms with Crippen LogP contribution in [0.4, 0.5) is 27.3 Å². The molecule has 1 aromatic heterocycles. The average Bonchev–Trinajstić information content (AvgIpc) is 3.29. The Morgan fingerprint density at radius 3 is 2.27 bits per heavy atom. The van der Waals surface area contributed by atoms with Gasteiger partial charge in [0.15, 0.2) is 17.5 Å². The second-order valence-corrected chi connectivity index (χ2v) is 10.7. The van der Waals surface area contributed by atoms with E-state index in [1.165, 1.54) is 6.07 Å². The van der Waals surface area contributed by atoms with Crippen molar-refractivity contribution in [3.8, 4) is 5.69 Å². The van der Waals surface area contributed by atoms with E-state index in [0.717, 1.165) is 44.0 Å². The van der Waals surface area contributed by atoms with E-state index in [1.807, 2.05) is 103 Å². The van der Waals surface area contributed by atoms with Gasteiger partial charge in [0.1, 0.15) is 5.82 Å². The molecule has 196 valence electrons. The van der Waals surface area contributed by atoms with E-state index in [9.17, 15) is 0 Å². The zero-order chi connectivity index (χ0) is 27.4. The Hall–Kier alpha value is -4.56. The Balaban J connectivity index is 1.52. The number of hydrogen-bond acceptors (Lipinski definition) is 5. The topological polar surface area (TPSA) is 57.8 Å². The maximum atomic E-state index is 15.7. The average molecular weight is 591 g/mol. The molecule has 2 aliphatic heterocycles. The third-order valence-electron chi connectivity index (χ3n) is 7.29. The summed E-state index contributed by atoms with van der Waals surface area (Å²) >= 11 is 3.51. The molecule has 7 rings (SSSR count). The first-order valence-corrected chi connectivity index (χ1v) is 13.8. The molecule has 0 aliphatic carbocycles. The van der Waals surface area contributed by atoms with Crippen molar-refractivity contribution in [1.29, 1.82) is 0 Å². The van der Waals surface area contributed by atoms with Gasteiger partial charge in [-0.05, 0) is 67.9 Å². The van der Waals surface area contributed by atoms with Crippen LogP contribution in [0.3, 0.4) is 0 Å². The fourth-order valence-corrected chi connectivity index (χ4v) is 5.69. The first-order chi connectivity index (χ1) is 19.5. The third kappa shape index (κ3) is 3.95. The molecule has 1 atom stereocenters. The zero-order valence-electron chi connectivity index (χ0n) is 21.8. The molecule has 0 radical (unpaired) electrons. The van der Waals surface area contributed by atoms with Crippen LogP contribution in [0.2, 0.25) is 0 Å². The largest absolute Gasteiger partial charge is 0.337 e. The molecule has 5 aromatic rings. The molecule has 0 spiro atoms. The van der Waals surface area contributed by atoms with Crippen LogP contribution in [0.1, 0.15) is 28.4 Å². The molecule has 0 saturated heterocycles. The van der Waals surface area contributed by atoms with E-state index < -0.39 is 6.04 Å². The van der Waals surface area contributed by atoms with Crippen molar-refractivity contribution in [2.45, 2.75) is 19.9 Å². The minimum atomic E-state index is -0.514. The van der Waals surface area contributed by atoms with Gasteiger partial charge in [-0.1, -0.05) is 64.5 Å². The Labute approximate surface area is 239 Å². The van der Waals surface area contributed by atoms with Gasteiger partial charge in [-0.15, -0.1) is 0 Å². The number of amidine groups is 2. The lowest BCUT2D eigenvalue weighted by atomic mass is 9.93. The smallest absolute Gasteiger partial charge is 0.179 e. The number of nitrogens with one attached hydrogen (secondary N) is 1. The summed E-state index contributed by atoms with van der Waals surface area (Å²) < 4.78 is 18.5. The summed E-state index contributed by atoms with van der Waals surface area (Å²) in [6.07, 6.45) is 0. The summed E-state index contributed by atoms with van der Waals surface area (Å²) in [6.45, 7) is 4.01. The van der Waals surface area contributed by atoms with Crippen LogP contribution in [0.15, 0.2) is 112 Å². The molecule has 40 heavy (non-hydrogen) atoms. The minimum Gasteiger partial charge on any atom is -0.337 e. The van der Waals surface area contributed by atoms with Crippen molar-refractivity contribution in [2.75, 3.05) is 10.2 Å². The molecular weight excluding hydrogens is 567 g/mol. The lowest BCUT2D eigenvalue weighted by Crippen LogP contribution is -2.46. The van der Waals surface area contributed by atoms with Gasteiger partial charge < -0.3 is 10.2 Å². The first kappa shape index (κ1) is 24.5. The van der Waals surface area contributed by atoms with Crippen molar-refractivity contribution >= 4 is 50.5 Å². The Kier molecular flexibility index (Phi) is 5.86.